The third kappa shape index (κ3) is 3.60. The van der Waals surface area contributed by atoms with E-state index >= 15 is 0 Å². The van der Waals surface area contributed by atoms with Crippen LogP contribution in [0.4, 0.5) is 0 Å². The van der Waals surface area contributed by atoms with E-state index in [0.717, 1.165) is 18.0 Å². The maximum Gasteiger partial charge on any atom is 0.0453 e. The molecule has 0 amide bonds. The van der Waals surface area contributed by atoms with Crippen LogP contribution in [0.25, 0.3) is 0 Å². The van der Waals surface area contributed by atoms with Crippen molar-refractivity contribution in [2.45, 2.75) is 45.1 Å². The second kappa shape index (κ2) is 6.96. The van der Waals surface area contributed by atoms with Crippen LogP contribution in [0.3, 0.4) is 0 Å². The number of hydrogen-bond acceptors (Lipinski definition) is 1. The molecular weight excluding hydrogens is 242 g/mol. The molecule has 0 fully saturated rings. The van der Waals surface area contributed by atoms with Crippen LogP contribution in [0.2, 0.25) is 5.02 Å². The lowest BCUT2D eigenvalue weighted by Crippen LogP contribution is -2.22. The molecule has 2 rings (SSSR count). The predicted molar refractivity (Wildman–Crippen MR) is 79.0 cm³/mol. The summed E-state index contributed by atoms with van der Waals surface area (Å²) >= 11 is 6.31. The molecule has 0 bridgehead atoms. The first-order valence-electron chi connectivity index (χ1n) is 6.97. The van der Waals surface area contributed by atoms with Crippen LogP contribution in [0.5, 0.6) is 0 Å². The summed E-state index contributed by atoms with van der Waals surface area (Å²) in [7, 11) is 0. The molecule has 1 nitrogen and oxygen atoms in total. The molecule has 18 heavy (non-hydrogen) atoms. The minimum atomic E-state index is 0.355. The summed E-state index contributed by atoms with van der Waals surface area (Å²) < 4.78 is 0. The molecule has 0 radical (unpaired) electrons. The smallest absolute Gasteiger partial charge is 0.0453 e. The predicted octanol–water partition coefficient (Wildman–Crippen LogP) is 4.88. The zero-order chi connectivity index (χ0) is 12.8. The molecule has 1 aliphatic carbocycles. The first kappa shape index (κ1) is 13.6. The number of hydrogen-bond donors (Lipinski definition) is 1. The Morgan fingerprint density at radius 2 is 2.11 bits per heavy atom. The van der Waals surface area contributed by atoms with E-state index in [2.05, 4.69) is 30.4 Å². The maximum atomic E-state index is 6.31. The lowest BCUT2D eigenvalue weighted by atomic mass is 9.91. The number of nitrogens with one attached hydrogen (secondary N) is 1. The molecule has 1 aliphatic rings. The van der Waals surface area contributed by atoms with Gasteiger partial charge in [0.05, 0.1) is 0 Å². The number of benzene rings is 1. The van der Waals surface area contributed by atoms with E-state index in [0.29, 0.717) is 6.04 Å². The molecule has 1 atom stereocenters. The number of halogens is 1. The molecule has 98 valence electrons. The zero-order valence-electron chi connectivity index (χ0n) is 11.1. The van der Waals surface area contributed by atoms with Gasteiger partial charge >= 0.3 is 0 Å². The Hall–Kier alpha value is -0.790. The Kier molecular flexibility index (Phi) is 5.27. The molecule has 0 saturated heterocycles. The summed E-state index contributed by atoms with van der Waals surface area (Å²) in [5.41, 5.74) is 2.82. The molecule has 0 aromatic heterocycles. The fraction of sp³-hybridized carbons (Fsp3) is 0.500. The number of allylic oxidation sites excluding steroid dienone is 1. The van der Waals surface area contributed by atoms with E-state index in [-0.39, 0.29) is 0 Å². The molecule has 1 unspecified atom stereocenters. The largest absolute Gasteiger partial charge is 0.310 e. The van der Waals surface area contributed by atoms with Gasteiger partial charge in [-0.15, -0.1) is 0 Å². The molecule has 0 saturated carbocycles. The van der Waals surface area contributed by atoms with Crippen LogP contribution in [-0.4, -0.2) is 6.54 Å². The minimum Gasteiger partial charge on any atom is -0.310 e. The standard InChI is InChI=1S/C16H22ClN/c1-2-18-16(12-13-8-4-3-5-9-13)14-10-6-7-11-15(14)17/h6-8,10-11,16,18H,2-5,9,12H2,1H3. The lowest BCUT2D eigenvalue weighted by molar-refractivity contribution is 0.528. The molecule has 2 heteroatoms. The van der Waals surface area contributed by atoms with Crippen LogP contribution in [0.1, 0.15) is 50.6 Å². The fourth-order valence-electron chi connectivity index (χ4n) is 2.65. The van der Waals surface area contributed by atoms with Gasteiger partial charge in [-0.25, -0.2) is 0 Å². The molecule has 1 aromatic rings. The molecule has 0 aliphatic heterocycles. The van der Waals surface area contributed by atoms with Gasteiger partial charge in [-0.1, -0.05) is 48.4 Å². The Morgan fingerprint density at radius 3 is 2.78 bits per heavy atom. The minimum absolute atomic E-state index is 0.355. The molecule has 1 aromatic carbocycles. The highest BCUT2D eigenvalue weighted by Gasteiger charge is 2.16. The summed E-state index contributed by atoms with van der Waals surface area (Å²) in [4.78, 5) is 0. The Bertz CT molecular complexity index is 411. The van der Waals surface area contributed by atoms with Crippen molar-refractivity contribution in [1.82, 2.24) is 5.32 Å². The lowest BCUT2D eigenvalue weighted by Gasteiger charge is -2.22. The highest BCUT2D eigenvalue weighted by molar-refractivity contribution is 6.31. The van der Waals surface area contributed by atoms with Crippen LogP contribution >= 0.6 is 11.6 Å². The first-order valence-corrected chi connectivity index (χ1v) is 7.34. The normalized spacial score (nSPS) is 17.3. The van der Waals surface area contributed by atoms with Gasteiger partial charge in [0.1, 0.15) is 0 Å². The van der Waals surface area contributed by atoms with Gasteiger partial charge in [-0.05, 0) is 50.3 Å². The molecule has 0 heterocycles. The van der Waals surface area contributed by atoms with Crippen molar-refractivity contribution in [2.24, 2.45) is 0 Å². The van der Waals surface area contributed by atoms with Crippen LogP contribution in [0, 0.1) is 0 Å². The van der Waals surface area contributed by atoms with Crippen molar-refractivity contribution in [3.8, 4) is 0 Å². The van der Waals surface area contributed by atoms with E-state index in [1.54, 1.807) is 5.57 Å². The van der Waals surface area contributed by atoms with Gasteiger partial charge in [-0.2, -0.15) is 0 Å². The molecule has 0 spiro atoms. The van der Waals surface area contributed by atoms with E-state index in [4.69, 9.17) is 11.6 Å². The van der Waals surface area contributed by atoms with Crippen molar-refractivity contribution < 1.29 is 0 Å². The summed E-state index contributed by atoms with van der Waals surface area (Å²) in [5, 5.41) is 4.44. The van der Waals surface area contributed by atoms with Crippen molar-refractivity contribution >= 4 is 11.6 Å². The third-order valence-electron chi connectivity index (χ3n) is 3.58. The van der Waals surface area contributed by atoms with Crippen LogP contribution < -0.4 is 5.32 Å². The van der Waals surface area contributed by atoms with Gasteiger partial charge in [0.2, 0.25) is 0 Å². The first-order chi connectivity index (χ1) is 8.81. The SMILES string of the molecule is CCNC(CC1=CCCCC1)c1ccccc1Cl. The van der Waals surface area contributed by atoms with Crippen LogP contribution in [0.15, 0.2) is 35.9 Å². The average Bonchev–Trinajstić information content (AvgIpc) is 2.40. The highest BCUT2D eigenvalue weighted by atomic mass is 35.5. The summed E-state index contributed by atoms with van der Waals surface area (Å²) in [5.74, 6) is 0. The van der Waals surface area contributed by atoms with Crippen molar-refractivity contribution in [1.29, 1.82) is 0 Å². The summed E-state index contributed by atoms with van der Waals surface area (Å²) in [6.07, 6.45) is 8.71. The second-order valence-corrected chi connectivity index (χ2v) is 5.35. The van der Waals surface area contributed by atoms with Gasteiger partial charge in [0.25, 0.3) is 0 Å². The van der Waals surface area contributed by atoms with E-state index < -0.39 is 0 Å². The summed E-state index contributed by atoms with van der Waals surface area (Å²) in [6.45, 7) is 3.13. The Labute approximate surface area is 115 Å². The number of rotatable bonds is 5. The third-order valence-corrected chi connectivity index (χ3v) is 3.93. The van der Waals surface area contributed by atoms with Gasteiger partial charge in [-0.3, -0.25) is 0 Å². The second-order valence-electron chi connectivity index (χ2n) is 4.94. The highest BCUT2D eigenvalue weighted by Crippen LogP contribution is 2.30. The van der Waals surface area contributed by atoms with Crippen molar-refractivity contribution in [2.75, 3.05) is 6.54 Å². The topological polar surface area (TPSA) is 12.0 Å². The van der Waals surface area contributed by atoms with E-state index in [1.807, 2.05) is 12.1 Å². The van der Waals surface area contributed by atoms with E-state index in [1.165, 1.54) is 31.2 Å². The Morgan fingerprint density at radius 1 is 1.28 bits per heavy atom. The summed E-state index contributed by atoms with van der Waals surface area (Å²) in [6, 6.07) is 8.54. The van der Waals surface area contributed by atoms with Gasteiger partial charge in [0, 0.05) is 11.1 Å². The Balaban J connectivity index is 2.12. The van der Waals surface area contributed by atoms with Gasteiger partial charge in [0.15, 0.2) is 0 Å². The van der Waals surface area contributed by atoms with Gasteiger partial charge < -0.3 is 5.32 Å². The van der Waals surface area contributed by atoms with Crippen LogP contribution in [-0.2, 0) is 0 Å². The zero-order valence-corrected chi connectivity index (χ0v) is 11.8. The van der Waals surface area contributed by atoms with Crippen molar-refractivity contribution in [3.05, 3.63) is 46.5 Å². The fourth-order valence-corrected chi connectivity index (χ4v) is 2.92. The average molecular weight is 264 g/mol. The quantitative estimate of drug-likeness (QED) is 0.747. The molecular formula is C16H22ClN. The van der Waals surface area contributed by atoms with E-state index in [9.17, 15) is 0 Å². The monoisotopic (exact) mass is 263 g/mol. The van der Waals surface area contributed by atoms with Crippen molar-refractivity contribution in [3.63, 3.8) is 0 Å². The maximum absolute atomic E-state index is 6.31. The molecule has 1 N–H and O–H groups in total.